The molecule has 0 radical (unpaired) electrons. The van der Waals surface area contributed by atoms with E-state index in [-0.39, 0.29) is 17.1 Å². The summed E-state index contributed by atoms with van der Waals surface area (Å²) in [5.74, 6) is -0.231. The highest BCUT2D eigenvalue weighted by molar-refractivity contribution is 6.35. The monoisotopic (exact) mass is 231 g/mol. The van der Waals surface area contributed by atoms with Crippen LogP contribution in [0.4, 0.5) is 0 Å². The third kappa shape index (κ3) is 1.82. The van der Waals surface area contributed by atoms with Crippen molar-refractivity contribution in [3.63, 3.8) is 0 Å². The Morgan fingerprint density at radius 2 is 2.00 bits per heavy atom. The minimum absolute atomic E-state index is 0.0217. The highest BCUT2D eigenvalue weighted by atomic mass is 16.6. The zero-order valence-corrected chi connectivity index (χ0v) is 9.73. The number of rotatable bonds is 3. The number of nitrogens with zero attached hydrogens (tertiary/aromatic N) is 1. The number of Topliss-reactive ketones (excluding diaryl/α,β-unsaturated/α-hetero) is 1. The number of oxime groups is 1. The summed E-state index contributed by atoms with van der Waals surface area (Å²) in [4.78, 5) is 17.0. The van der Waals surface area contributed by atoms with Gasteiger partial charge in [0.25, 0.3) is 0 Å². The van der Waals surface area contributed by atoms with Crippen molar-refractivity contribution in [2.75, 3.05) is 6.61 Å². The zero-order chi connectivity index (χ0) is 12.4. The lowest BCUT2D eigenvalue weighted by molar-refractivity contribution is 0.104. The molecule has 2 rings (SSSR count). The van der Waals surface area contributed by atoms with Gasteiger partial charge in [-0.3, -0.25) is 4.79 Å². The third-order valence-corrected chi connectivity index (χ3v) is 2.58. The van der Waals surface area contributed by atoms with Gasteiger partial charge in [-0.2, -0.15) is 0 Å². The molecule has 1 aliphatic rings. The molecule has 0 heterocycles. The van der Waals surface area contributed by atoms with Crippen LogP contribution in [-0.2, 0) is 4.84 Å². The van der Waals surface area contributed by atoms with Crippen molar-refractivity contribution in [2.24, 2.45) is 5.16 Å². The molecule has 1 aliphatic carbocycles. The molecule has 0 saturated carbocycles. The second-order valence-electron chi connectivity index (χ2n) is 3.69. The lowest BCUT2D eigenvalue weighted by atomic mass is 10.1. The Kier molecular flexibility index (Phi) is 2.95. The van der Waals surface area contributed by atoms with Gasteiger partial charge in [0.1, 0.15) is 12.4 Å². The fourth-order valence-electron chi connectivity index (χ4n) is 1.81. The van der Waals surface area contributed by atoms with Crippen molar-refractivity contribution in [1.82, 2.24) is 0 Å². The lowest BCUT2D eigenvalue weighted by Gasteiger charge is -2.00. The number of aliphatic hydroxyl groups excluding tert-OH is 1. The van der Waals surface area contributed by atoms with Crippen LogP contribution in [0.1, 0.15) is 29.8 Å². The van der Waals surface area contributed by atoms with Gasteiger partial charge in [-0.25, -0.2) is 0 Å². The maximum atomic E-state index is 12.1. The average Bonchev–Trinajstić information content (AvgIpc) is 2.60. The summed E-state index contributed by atoms with van der Waals surface area (Å²) in [6.07, 6.45) is 0. The van der Waals surface area contributed by atoms with E-state index in [0.717, 1.165) is 0 Å². The molecule has 0 amide bonds. The Balaban J connectivity index is 2.45. The van der Waals surface area contributed by atoms with E-state index in [1.807, 2.05) is 0 Å². The molecule has 88 valence electrons. The Bertz CT molecular complexity index is 529. The first-order valence-corrected chi connectivity index (χ1v) is 5.41. The van der Waals surface area contributed by atoms with Crippen LogP contribution < -0.4 is 0 Å². The summed E-state index contributed by atoms with van der Waals surface area (Å²) in [5.41, 5.74) is 1.68. The fourth-order valence-corrected chi connectivity index (χ4v) is 1.81. The number of hydrogen-bond donors (Lipinski definition) is 1. The van der Waals surface area contributed by atoms with Crippen LogP contribution >= 0.6 is 0 Å². The molecule has 1 N–H and O–H groups in total. The van der Waals surface area contributed by atoms with Crippen molar-refractivity contribution < 1.29 is 14.7 Å². The summed E-state index contributed by atoms with van der Waals surface area (Å²) in [7, 11) is 0. The van der Waals surface area contributed by atoms with Gasteiger partial charge in [0.05, 0.1) is 11.3 Å². The van der Waals surface area contributed by atoms with Crippen LogP contribution in [0.3, 0.4) is 0 Å². The average molecular weight is 231 g/mol. The van der Waals surface area contributed by atoms with Crippen molar-refractivity contribution >= 4 is 17.3 Å². The van der Waals surface area contributed by atoms with Crippen LogP contribution in [0.15, 0.2) is 35.0 Å². The highest BCUT2D eigenvalue weighted by Crippen LogP contribution is 2.31. The smallest absolute Gasteiger partial charge is 0.199 e. The summed E-state index contributed by atoms with van der Waals surface area (Å²) in [6, 6.07) is 6.95. The van der Waals surface area contributed by atoms with Gasteiger partial charge >= 0.3 is 0 Å². The van der Waals surface area contributed by atoms with E-state index in [0.29, 0.717) is 23.4 Å². The molecular formula is C13H13NO3. The molecule has 1 aromatic rings. The van der Waals surface area contributed by atoms with Crippen molar-refractivity contribution in [3.05, 3.63) is 41.0 Å². The molecule has 4 nitrogen and oxygen atoms in total. The van der Waals surface area contributed by atoms with Crippen LogP contribution in [0.25, 0.3) is 5.76 Å². The largest absolute Gasteiger partial charge is 0.506 e. The topological polar surface area (TPSA) is 58.9 Å². The standard InChI is InChI=1S/C13H13NO3/c1-3-17-14-8(2)11-12(15)9-6-4-5-7-10(9)13(11)16/h4-7,15H,3H2,1-2H3. The lowest BCUT2D eigenvalue weighted by Crippen LogP contribution is -2.08. The number of benzene rings is 1. The van der Waals surface area contributed by atoms with Gasteiger partial charge in [-0.15, -0.1) is 0 Å². The van der Waals surface area contributed by atoms with Crippen LogP contribution in [0.2, 0.25) is 0 Å². The minimum Gasteiger partial charge on any atom is -0.506 e. The molecule has 0 aromatic heterocycles. The number of ketones is 1. The normalized spacial score (nSPS) is 15.2. The van der Waals surface area contributed by atoms with E-state index >= 15 is 0 Å². The molecule has 0 bridgehead atoms. The SMILES string of the molecule is CCON=C(C)C1=C(O)c2ccccc2C1=O. The highest BCUT2D eigenvalue weighted by Gasteiger charge is 2.31. The minimum atomic E-state index is -0.209. The van der Waals surface area contributed by atoms with E-state index in [9.17, 15) is 9.90 Å². The van der Waals surface area contributed by atoms with Gasteiger partial charge in [0.2, 0.25) is 0 Å². The number of carbonyl (C=O) groups excluding carboxylic acids is 1. The van der Waals surface area contributed by atoms with Gasteiger partial charge in [0, 0.05) is 11.1 Å². The maximum Gasteiger partial charge on any atom is 0.199 e. The van der Waals surface area contributed by atoms with E-state index in [1.54, 1.807) is 38.1 Å². The van der Waals surface area contributed by atoms with Gasteiger partial charge in [-0.1, -0.05) is 29.4 Å². The van der Waals surface area contributed by atoms with E-state index < -0.39 is 0 Å². The molecule has 4 heteroatoms. The fraction of sp³-hybridized carbons (Fsp3) is 0.231. The summed E-state index contributed by atoms with van der Waals surface area (Å²) in [6.45, 7) is 3.87. The van der Waals surface area contributed by atoms with Crippen LogP contribution in [0, 0.1) is 0 Å². The first-order chi connectivity index (χ1) is 8.16. The van der Waals surface area contributed by atoms with Crippen molar-refractivity contribution in [1.29, 1.82) is 0 Å². The number of fused-ring (bicyclic) bond motifs is 1. The van der Waals surface area contributed by atoms with E-state index in [4.69, 9.17) is 4.84 Å². The summed E-state index contributed by atoms with van der Waals surface area (Å²) >= 11 is 0. The van der Waals surface area contributed by atoms with E-state index in [1.165, 1.54) is 0 Å². The number of allylic oxidation sites excluding steroid dienone is 1. The number of carbonyl (C=O) groups is 1. The Labute approximate surface area is 99.2 Å². The first-order valence-electron chi connectivity index (χ1n) is 5.41. The van der Waals surface area contributed by atoms with Gasteiger partial charge in [-0.05, 0) is 13.8 Å². The summed E-state index contributed by atoms with van der Waals surface area (Å²) in [5, 5.41) is 13.8. The molecule has 0 spiro atoms. The third-order valence-electron chi connectivity index (χ3n) is 2.58. The number of aliphatic hydroxyl groups is 1. The molecule has 1 aromatic carbocycles. The van der Waals surface area contributed by atoms with Crippen molar-refractivity contribution in [3.8, 4) is 0 Å². The number of hydrogen-bond acceptors (Lipinski definition) is 4. The second-order valence-corrected chi connectivity index (χ2v) is 3.69. The van der Waals surface area contributed by atoms with Crippen LogP contribution in [-0.4, -0.2) is 23.2 Å². The van der Waals surface area contributed by atoms with Gasteiger partial charge in [0.15, 0.2) is 5.78 Å². The van der Waals surface area contributed by atoms with Gasteiger partial charge < -0.3 is 9.94 Å². The first kappa shape index (κ1) is 11.4. The molecule has 0 atom stereocenters. The summed E-state index contributed by atoms with van der Waals surface area (Å²) < 4.78 is 0. The molecule has 17 heavy (non-hydrogen) atoms. The molecule has 0 saturated heterocycles. The maximum absolute atomic E-state index is 12.1. The predicted octanol–water partition coefficient (Wildman–Crippen LogP) is 2.56. The second kappa shape index (κ2) is 4.41. The predicted molar refractivity (Wildman–Crippen MR) is 65.1 cm³/mol. The molecular weight excluding hydrogens is 218 g/mol. The molecule has 0 aliphatic heterocycles. The molecule has 0 unspecified atom stereocenters. The Morgan fingerprint density at radius 3 is 2.59 bits per heavy atom. The van der Waals surface area contributed by atoms with Crippen molar-refractivity contribution in [2.45, 2.75) is 13.8 Å². The quantitative estimate of drug-likeness (QED) is 0.642. The van der Waals surface area contributed by atoms with Crippen LogP contribution in [0.5, 0.6) is 0 Å². The van der Waals surface area contributed by atoms with E-state index in [2.05, 4.69) is 5.16 Å². The Hall–Kier alpha value is -2.10. The Morgan fingerprint density at radius 1 is 1.35 bits per heavy atom. The molecule has 0 fully saturated rings. The zero-order valence-electron chi connectivity index (χ0n) is 9.73.